The minimum absolute atomic E-state index is 0.0367. The van der Waals surface area contributed by atoms with Gasteiger partial charge in [-0.15, -0.1) is 0 Å². The molecule has 1 aromatic carbocycles. The molecule has 2 aromatic heterocycles. The van der Waals surface area contributed by atoms with Gasteiger partial charge in [0.1, 0.15) is 17.5 Å². The number of non-ortho nitro benzene ring substituents is 1. The summed E-state index contributed by atoms with van der Waals surface area (Å²) in [4.78, 5) is 23.5. The number of aromatic nitrogens is 4. The Morgan fingerprint density at radius 2 is 2.14 bits per heavy atom. The predicted molar refractivity (Wildman–Crippen MR) is 82.3 cm³/mol. The van der Waals surface area contributed by atoms with E-state index in [1.807, 2.05) is 4.57 Å². The first-order valence-electron chi connectivity index (χ1n) is 7.11. The maximum Gasteiger partial charge on any atom is 0.270 e. The van der Waals surface area contributed by atoms with E-state index < -0.39 is 4.92 Å². The highest BCUT2D eigenvalue weighted by Gasteiger charge is 2.14. The smallest absolute Gasteiger partial charge is 0.270 e. The van der Waals surface area contributed by atoms with Crippen LogP contribution in [0.5, 0.6) is 0 Å². The summed E-state index contributed by atoms with van der Waals surface area (Å²) < 4.78 is 1.99. The average Bonchev–Trinajstić information content (AvgIpc) is 2.96. The van der Waals surface area contributed by atoms with Crippen molar-refractivity contribution in [1.29, 1.82) is 0 Å². The lowest BCUT2D eigenvalue weighted by Crippen LogP contribution is -1.98. The van der Waals surface area contributed by atoms with Crippen molar-refractivity contribution < 1.29 is 4.92 Å². The number of imidazole rings is 1. The molecule has 112 valence electrons. The molecular formula is C15H15N5O2. The zero-order chi connectivity index (χ0) is 15.5. The molecule has 0 bridgehead atoms. The average molecular weight is 297 g/mol. The lowest BCUT2D eigenvalue weighted by atomic mass is 10.1. The molecule has 0 amide bonds. The van der Waals surface area contributed by atoms with Crippen LogP contribution in [0.4, 0.5) is 5.69 Å². The highest BCUT2D eigenvalue weighted by atomic mass is 16.6. The van der Waals surface area contributed by atoms with E-state index in [2.05, 4.69) is 21.9 Å². The van der Waals surface area contributed by atoms with E-state index in [-0.39, 0.29) is 5.69 Å². The number of fused-ring (bicyclic) bond motifs is 1. The van der Waals surface area contributed by atoms with E-state index in [0.29, 0.717) is 16.8 Å². The molecule has 0 N–H and O–H groups in total. The van der Waals surface area contributed by atoms with Gasteiger partial charge >= 0.3 is 0 Å². The van der Waals surface area contributed by atoms with Crippen molar-refractivity contribution in [2.24, 2.45) is 0 Å². The molecule has 0 aliphatic carbocycles. The van der Waals surface area contributed by atoms with Crippen molar-refractivity contribution >= 4 is 16.9 Å². The fourth-order valence-electron chi connectivity index (χ4n) is 2.35. The van der Waals surface area contributed by atoms with Crippen molar-refractivity contribution in [1.82, 2.24) is 19.5 Å². The first-order chi connectivity index (χ1) is 10.7. The fraction of sp³-hybridized carbons (Fsp3) is 0.267. The summed E-state index contributed by atoms with van der Waals surface area (Å²) in [6.07, 6.45) is 5.35. The van der Waals surface area contributed by atoms with Gasteiger partial charge in [-0.3, -0.25) is 10.1 Å². The molecular weight excluding hydrogens is 282 g/mol. The standard InChI is InChI=1S/C15H15N5O2/c1-2-3-7-19-10-18-14-13(16-9-17-15(14)19)11-5-4-6-12(8-11)20(21)22/h4-6,8-10H,2-3,7H2,1H3. The van der Waals surface area contributed by atoms with Gasteiger partial charge in [-0.05, 0) is 6.42 Å². The Morgan fingerprint density at radius 3 is 2.91 bits per heavy atom. The molecule has 7 heteroatoms. The van der Waals surface area contributed by atoms with Crippen LogP contribution in [0.15, 0.2) is 36.9 Å². The van der Waals surface area contributed by atoms with Crippen LogP contribution in [0.3, 0.4) is 0 Å². The third-order valence-electron chi connectivity index (χ3n) is 3.48. The molecule has 0 aliphatic rings. The number of benzene rings is 1. The highest BCUT2D eigenvalue weighted by Crippen LogP contribution is 2.27. The molecule has 0 unspecified atom stereocenters. The van der Waals surface area contributed by atoms with Crippen molar-refractivity contribution in [2.45, 2.75) is 26.3 Å². The van der Waals surface area contributed by atoms with Crippen LogP contribution in [0.25, 0.3) is 22.4 Å². The summed E-state index contributed by atoms with van der Waals surface area (Å²) in [6.45, 7) is 2.97. The second-order valence-electron chi connectivity index (χ2n) is 4.99. The monoisotopic (exact) mass is 297 g/mol. The second kappa shape index (κ2) is 5.88. The Hall–Kier alpha value is -2.83. The van der Waals surface area contributed by atoms with Crippen LogP contribution in [0.2, 0.25) is 0 Å². The van der Waals surface area contributed by atoms with Crippen LogP contribution in [0.1, 0.15) is 19.8 Å². The van der Waals surface area contributed by atoms with Crippen LogP contribution in [0, 0.1) is 10.1 Å². The van der Waals surface area contributed by atoms with Crippen LogP contribution >= 0.6 is 0 Å². The van der Waals surface area contributed by atoms with Crippen molar-refractivity contribution in [3.63, 3.8) is 0 Å². The topological polar surface area (TPSA) is 86.7 Å². The summed E-state index contributed by atoms with van der Waals surface area (Å²) in [5.74, 6) is 0. The number of aryl methyl sites for hydroxylation is 1. The lowest BCUT2D eigenvalue weighted by Gasteiger charge is -2.04. The van der Waals surface area contributed by atoms with Crippen LogP contribution < -0.4 is 0 Å². The van der Waals surface area contributed by atoms with Gasteiger partial charge < -0.3 is 4.57 Å². The van der Waals surface area contributed by atoms with Crippen molar-refractivity contribution in [2.75, 3.05) is 0 Å². The highest BCUT2D eigenvalue weighted by molar-refractivity contribution is 5.87. The molecule has 3 rings (SSSR count). The minimum Gasteiger partial charge on any atom is -0.315 e. The Morgan fingerprint density at radius 1 is 1.27 bits per heavy atom. The summed E-state index contributed by atoms with van der Waals surface area (Å²) in [7, 11) is 0. The molecule has 0 fully saturated rings. The zero-order valence-electron chi connectivity index (χ0n) is 12.1. The Labute approximate surface area is 126 Å². The van der Waals surface area contributed by atoms with E-state index in [1.165, 1.54) is 18.5 Å². The number of unbranched alkanes of at least 4 members (excludes halogenated alkanes) is 1. The van der Waals surface area contributed by atoms with Crippen molar-refractivity contribution in [3.8, 4) is 11.3 Å². The molecule has 0 saturated heterocycles. The van der Waals surface area contributed by atoms with E-state index in [0.717, 1.165) is 25.0 Å². The van der Waals surface area contributed by atoms with E-state index in [4.69, 9.17) is 0 Å². The van der Waals surface area contributed by atoms with Crippen molar-refractivity contribution in [3.05, 3.63) is 47.0 Å². The van der Waals surface area contributed by atoms with Gasteiger partial charge in [0.2, 0.25) is 0 Å². The molecule has 7 nitrogen and oxygen atoms in total. The summed E-state index contributed by atoms with van der Waals surface area (Å²) in [5.41, 5.74) is 2.74. The molecule has 0 saturated carbocycles. The van der Waals surface area contributed by atoms with Gasteiger partial charge in [-0.2, -0.15) is 0 Å². The Bertz CT molecular complexity index is 828. The maximum absolute atomic E-state index is 10.9. The molecule has 0 spiro atoms. The molecule has 2 heterocycles. The zero-order valence-corrected chi connectivity index (χ0v) is 12.1. The summed E-state index contributed by atoms with van der Waals surface area (Å²) in [6, 6.07) is 6.41. The third-order valence-corrected chi connectivity index (χ3v) is 3.48. The number of nitrogens with zero attached hydrogens (tertiary/aromatic N) is 5. The Balaban J connectivity index is 2.09. The van der Waals surface area contributed by atoms with Gasteiger partial charge in [-0.1, -0.05) is 25.5 Å². The number of nitro benzene ring substituents is 1. The maximum atomic E-state index is 10.9. The molecule has 22 heavy (non-hydrogen) atoms. The van der Waals surface area contributed by atoms with Gasteiger partial charge in [0.15, 0.2) is 5.65 Å². The van der Waals surface area contributed by atoms with Crippen LogP contribution in [-0.2, 0) is 6.54 Å². The van der Waals surface area contributed by atoms with Gasteiger partial charge in [0, 0.05) is 24.2 Å². The van der Waals surface area contributed by atoms with Gasteiger partial charge in [-0.25, -0.2) is 15.0 Å². The normalized spacial score (nSPS) is 11.0. The number of hydrogen-bond acceptors (Lipinski definition) is 5. The predicted octanol–water partition coefficient (Wildman–Crippen LogP) is 3.20. The van der Waals surface area contributed by atoms with Crippen LogP contribution in [-0.4, -0.2) is 24.4 Å². The fourth-order valence-corrected chi connectivity index (χ4v) is 2.35. The number of hydrogen-bond donors (Lipinski definition) is 0. The van der Waals surface area contributed by atoms with E-state index >= 15 is 0 Å². The van der Waals surface area contributed by atoms with Gasteiger partial charge in [0.25, 0.3) is 5.69 Å². The third kappa shape index (κ3) is 2.52. The molecule has 0 aliphatic heterocycles. The first-order valence-corrected chi connectivity index (χ1v) is 7.11. The first kappa shape index (κ1) is 14.1. The second-order valence-corrected chi connectivity index (χ2v) is 4.99. The lowest BCUT2D eigenvalue weighted by molar-refractivity contribution is -0.384. The molecule has 3 aromatic rings. The molecule has 0 radical (unpaired) electrons. The Kier molecular flexibility index (Phi) is 3.78. The van der Waals surface area contributed by atoms with E-state index in [1.54, 1.807) is 18.5 Å². The quantitative estimate of drug-likeness (QED) is 0.533. The SMILES string of the molecule is CCCCn1cnc2c(-c3cccc([N+](=O)[O-])c3)ncnc21. The molecule has 0 atom stereocenters. The van der Waals surface area contributed by atoms with Gasteiger partial charge in [0.05, 0.1) is 11.3 Å². The summed E-state index contributed by atoms with van der Waals surface area (Å²) in [5, 5.41) is 10.9. The number of nitro groups is 1. The summed E-state index contributed by atoms with van der Waals surface area (Å²) >= 11 is 0. The minimum atomic E-state index is -0.415. The largest absolute Gasteiger partial charge is 0.315 e. The van der Waals surface area contributed by atoms with E-state index in [9.17, 15) is 10.1 Å². The number of rotatable bonds is 5.